The van der Waals surface area contributed by atoms with Gasteiger partial charge in [-0.05, 0) is 13.0 Å². The van der Waals surface area contributed by atoms with Crippen LogP contribution in [0, 0.1) is 0 Å². The summed E-state index contributed by atoms with van der Waals surface area (Å²) in [5.74, 6) is -1.14. The van der Waals surface area contributed by atoms with Crippen LogP contribution in [-0.4, -0.2) is 167 Å². The van der Waals surface area contributed by atoms with E-state index in [9.17, 15) is 45.3 Å². The van der Waals surface area contributed by atoms with Crippen LogP contribution in [0.2, 0.25) is 25.7 Å². The van der Waals surface area contributed by atoms with E-state index < -0.39 is 125 Å². The van der Waals surface area contributed by atoms with Gasteiger partial charge in [0.05, 0.1) is 19.3 Å². The van der Waals surface area contributed by atoms with Crippen molar-refractivity contribution in [3.8, 4) is 0 Å². The van der Waals surface area contributed by atoms with E-state index in [2.05, 4.69) is 30.3 Å². The molecule has 0 aromatic heterocycles. The molecule has 0 spiro atoms. The maximum atomic E-state index is 12.4. The molecule has 0 bridgehead atoms. The first-order chi connectivity index (χ1) is 21.0. The molecule has 0 aliphatic carbocycles. The second-order valence-electron chi connectivity index (χ2n) is 12.9. The number of rotatable bonds is 12. The molecular weight excluding hydrogens is 620 g/mol. The third-order valence-corrected chi connectivity index (χ3v) is 9.68. The Morgan fingerprint density at radius 2 is 1.24 bits per heavy atom. The van der Waals surface area contributed by atoms with Gasteiger partial charge in [-0.3, -0.25) is 9.59 Å². The lowest BCUT2D eigenvalue weighted by Crippen LogP contribution is -2.70. The number of carbonyl (C=O) groups excluding carboxylic acids is 2. The number of aliphatic hydroxyl groups is 7. The third kappa shape index (κ3) is 9.60. The molecule has 3 saturated heterocycles. The first kappa shape index (κ1) is 38.1. The summed E-state index contributed by atoms with van der Waals surface area (Å²) in [7, 11) is -1.58. The molecule has 0 aromatic rings. The first-order valence-corrected chi connectivity index (χ1v) is 18.7. The summed E-state index contributed by atoms with van der Waals surface area (Å²) < 4.78 is 35.9. The highest BCUT2D eigenvalue weighted by molar-refractivity contribution is 6.76. The van der Waals surface area contributed by atoms with Crippen molar-refractivity contribution in [2.24, 2.45) is 0 Å². The Balaban J connectivity index is 2.03. The average molecular weight is 671 g/mol. The number of carbonyl (C=O) groups is 2. The first-order valence-electron chi connectivity index (χ1n) is 15.0. The molecule has 3 fully saturated rings. The summed E-state index contributed by atoms with van der Waals surface area (Å²) in [6, 6.07) is -1.84. The smallest absolute Gasteiger partial charge is 0.217 e. The van der Waals surface area contributed by atoms with E-state index in [0.717, 1.165) is 6.04 Å². The lowest BCUT2D eigenvalue weighted by atomic mass is 9.94. The van der Waals surface area contributed by atoms with Crippen LogP contribution >= 0.6 is 0 Å². The van der Waals surface area contributed by atoms with Crippen molar-refractivity contribution in [1.82, 2.24) is 10.6 Å². The van der Waals surface area contributed by atoms with E-state index in [1.165, 1.54) is 20.8 Å². The highest BCUT2D eigenvalue weighted by Gasteiger charge is 2.55. The minimum atomic E-state index is -1.76. The Morgan fingerprint density at radius 1 is 0.689 bits per heavy atom. The van der Waals surface area contributed by atoms with Crippen molar-refractivity contribution in [2.45, 2.75) is 138 Å². The second-order valence-corrected chi connectivity index (χ2v) is 18.6. The lowest BCUT2D eigenvalue weighted by molar-refractivity contribution is -0.365. The van der Waals surface area contributed by atoms with Gasteiger partial charge in [0, 0.05) is 28.5 Å². The molecule has 3 aliphatic rings. The summed E-state index contributed by atoms with van der Waals surface area (Å²) in [5, 5.41) is 78.0. The molecule has 0 unspecified atom stereocenters. The van der Waals surface area contributed by atoms with Crippen molar-refractivity contribution in [3.63, 3.8) is 0 Å². The minimum absolute atomic E-state index is 0.232. The Hall–Kier alpha value is -1.36. The third-order valence-electron chi connectivity index (χ3n) is 7.97. The fourth-order valence-electron chi connectivity index (χ4n) is 5.41. The molecule has 262 valence electrons. The van der Waals surface area contributed by atoms with Crippen LogP contribution in [0.15, 0.2) is 0 Å². The Bertz CT molecular complexity index is 975. The Kier molecular flexibility index (Phi) is 13.7. The predicted molar refractivity (Wildman–Crippen MR) is 155 cm³/mol. The number of nitrogens with one attached hydrogen (secondary N) is 2. The van der Waals surface area contributed by atoms with E-state index in [1.807, 2.05) is 0 Å². The maximum Gasteiger partial charge on any atom is 0.217 e. The van der Waals surface area contributed by atoms with Crippen LogP contribution in [0.4, 0.5) is 0 Å². The molecule has 0 radical (unpaired) electrons. The van der Waals surface area contributed by atoms with Crippen molar-refractivity contribution in [2.75, 3.05) is 19.8 Å². The van der Waals surface area contributed by atoms with Crippen LogP contribution in [0.5, 0.6) is 0 Å². The van der Waals surface area contributed by atoms with Gasteiger partial charge in [0.2, 0.25) is 11.8 Å². The monoisotopic (exact) mass is 670 g/mol. The molecule has 15 atom stereocenters. The molecule has 0 saturated carbocycles. The van der Waals surface area contributed by atoms with Gasteiger partial charge in [-0.1, -0.05) is 19.6 Å². The summed E-state index contributed by atoms with van der Waals surface area (Å²) in [5.41, 5.74) is 0. The van der Waals surface area contributed by atoms with Gasteiger partial charge in [-0.15, -0.1) is 0 Å². The summed E-state index contributed by atoms with van der Waals surface area (Å²) in [4.78, 5) is 24.5. The molecular formula is C27H50N2O15Si. The highest BCUT2D eigenvalue weighted by Crippen LogP contribution is 2.34. The number of hydrogen-bond donors (Lipinski definition) is 9. The molecule has 0 aromatic carbocycles. The molecule has 9 N–H and O–H groups in total. The topological polar surface area (TPSA) is 255 Å². The average Bonchev–Trinajstić information content (AvgIpc) is 2.95. The summed E-state index contributed by atoms with van der Waals surface area (Å²) in [6.07, 6.45) is -18.9. The van der Waals surface area contributed by atoms with Crippen molar-refractivity contribution >= 4 is 19.9 Å². The standard InChI is InChI=1S/C27H50N2O15Si/c1-11-18(34)21(37)22(38)27(40-11)44-24-17(29-13(3)33)25(39-7-8-45(4,5)6)42-15(10-31)23(24)43-26-16(28-12(2)32)20(36)19(35)14(9-30)41-26/h11,14-27,30-31,34-38H,7-10H2,1-6H3,(H,28,32)(H,29,33)/t11-,14-,15-,16-,17-,18+,19+,20-,21+,22-,23-,24-,25-,26+,27-/m1/s1. The van der Waals surface area contributed by atoms with E-state index in [4.69, 9.17) is 28.4 Å². The largest absolute Gasteiger partial charge is 0.394 e. The van der Waals surface area contributed by atoms with Gasteiger partial charge < -0.3 is 74.8 Å². The summed E-state index contributed by atoms with van der Waals surface area (Å²) >= 11 is 0. The van der Waals surface area contributed by atoms with E-state index >= 15 is 0 Å². The van der Waals surface area contributed by atoms with E-state index in [0.29, 0.717) is 0 Å². The molecule has 2 amide bonds. The predicted octanol–water partition coefficient (Wildman–Crippen LogP) is -3.90. The lowest BCUT2D eigenvalue weighted by Gasteiger charge is -2.50. The zero-order valence-electron chi connectivity index (χ0n) is 26.4. The molecule has 3 heterocycles. The zero-order valence-corrected chi connectivity index (χ0v) is 27.4. The van der Waals surface area contributed by atoms with Gasteiger partial charge in [-0.25, -0.2) is 0 Å². The van der Waals surface area contributed by atoms with Crippen LogP contribution in [-0.2, 0) is 38.0 Å². The molecule has 45 heavy (non-hydrogen) atoms. The van der Waals surface area contributed by atoms with Gasteiger partial charge in [0.1, 0.15) is 67.0 Å². The fourth-order valence-corrected chi connectivity index (χ4v) is 6.14. The SMILES string of the molecule is CC(=O)N[C@H]1[C@H](O[C@H]2[C@H](O[C@H]3O[C@H](C)[C@H](O)[C@H](O)[C@H]3O)[C@@H](NC(C)=O)[C@H](OCC[Si](C)(C)C)O[C@@H]2CO)O[C@H](CO)[C@H](O)[C@@H]1O. The quantitative estimate of drug-likeness (QED) is 0.0900. The number of hydrogen-bond acceptors (Lipinski definition) is 15. The van der Waals surface area contributed by atoms with Crippen molar-refractivity contribution in [1.29, 1.82) is 0 Å². The van der Waals surface area contributed by atoms with Crippen LogP contribution in [0.1, 0.15) is 20.8 Å². The van der Waals surface area contributed by atoms with Crippen LogP contribution in [0.3, 0.4) is 0 Å². The van der Waals surface area contributed by atoms with Crippen LogP contribution < -0.4 is 10.6 Å². The van der Waals surface area contributed by atoms with Gasteiger partial charge in [0.25, 0.3) is 0 Å². The van der Waals surface area contributed by atoms with E-state index in [-0.39, 0.29) is 6.61 Å². The van der Waals surface area contributed by atoms with Crippen LogP contribution in [0.25, 0.3) is 0 Å². The number of aliphatic hydroxyl groups excluding tert-OH is 7. The molecule has 3 aliphatic heterocycles. The summed E-state index contributed by atoms with van der Waals surface area (Å²) in [6.45, 7) is 9.08. The Morgan fingerprint density at radius 3 is 1.80 bits per heavy atom. The zero-order chi connectivity index (χ0) is 33.8. The van der Waals surface area contributed by atoms with Crippen molar-refractivity contribution in [3.05, 3.63) is 0 Å². The fraction of sp³-hybridized carbons (Fsp3) is 0.926. The number of ether oxygens (including phenoxy) is 6. The molecule has 18 heteroatoms. The highest BCUT2D eigenvalue weighted by atomic mass is 28.3. The minimum Gasteiger partial charge on any atom is -0.394 e. The Labute approximate surface area is 262 Å². The molecule has 17 nitrogen and oxygen atoms in total. The molecule has 3 rings (SSSR count). The normalized spacial score (nSPS) is 42.6. The second kappa shape index (κ2) is 16.2. The maximum absolute atomic E-state index is 12.4. The van der Waals surface area contributed by atoms with Gasteiger partial charge in [-0.2, -0.15) is 0 Å². The van der Waals surface area contributed by atoms with E-state index in [1.54, 1.807) is 0 Å². The van der Waals surface area contributed by atoms with Gasteiger partial charge in [0.15, 0.2) is 18.9 Å². The van der Waals surface area contributed by atoms with Gasteiger partial charge >= 0.3 is 0 Å². The van der Waals surface area contributed by atoms with Crippen molar-refractivity contribution < 1.29 is 73.8 Å². The number of amides is 2.